The van der Waals surface area contributed by atoms with E-state index in [1.165, 1.54) is 0 Å². The minimum absolute atomic E-state index is 0.0488. The van der Waals surface area contributed by atoms with Gasteiger partial charge in [-0.25, -0.2) is 4.79 Å². The van der Waals surface area contributed by atoms with Gasteiger partial charge in [-0.3, -0.25) is 4.79 Å². The molecule has 1 aliphatic heterocycles. The first-order valence-corrected chi connectivity index (χ1v) is 8.74. The second-order valence-corrected chi connectivity index (χ2v) is 7.64. The maximum Gasteiger partial charge on any atom is 0.334 e. The average Bonchev–Trinajstić information content (AvgIpc) is 2.80. The number of rotatable bonds is 4. The van der Waals surface area contributed by atoms with E-state index in [9.17, 15) is 9.59 Å². The largest absolute Gasteiger partial charge is 0.458 e. The van der Waals surface area contributed by atoms with Gasteiger partial charge >= 0.3 is 11.9 Å². The third-order valence-electron chi connectivity index (χ3n) is 6.08. The van der Waals surface area contributed by atoms with Crippen molar-refractivity contribution in [3.63, 3.8) is 0 Å². The van der Waals surface area contributed by atoms with E-state index in [1.807, 2.05) is 0 Å². The van der Waals surface area contributed by atoms with E-state index >= 15 is 0 Å². The summed E-state index contributed by atoms with van der Waals surface area (Å²) in [5.74, 6) is -0.147. The molecule has 0 bridgehead atoms. The van der Waals surface area contributed by atoms with Crippen molar-refractivity contribution in [2.24, 2.45) is 17.3 Å². The van der Waals surface area contributed by atoms with Crippen LogP contribution in [-0.4, -0.2) is 24.1 Å². The van der Waals surface area contributed by atoms with Gasteiger partial charge in [0, 0.05) is 17.9 Å². The number of carbonyl (C=O) groups excluding carboxylic acids is 2. The van der Waals surface area contributed by atoms with E-state index < -0.39 is 0 Å². The molecule has 0 amide bonds. The molecule has 3 aliphatic rings. The molecule has 4 heteroatoms. The monoisotopic (exact) mass is 330 g/mol. The first kappa shape index (κ1) is 17.0. The Hall–Kier alpha value is -1.84. The number of ether oxygens (including phenoxy) is 2. The third kappa shape index (κ3) is 2.83. The fraction of sp³-hybridized carbons (Fsp3) is 0.600. The lowest BCUT2D eigenvalue weighted by Gasteiger charge is -2.51. The number of esters is 2. The van der Waals surface area contributed by atoms with Crippen LogP contribution in [0.4, 0.5) is 0 Å². The third-order valence-corrected chi connectivity index (χ3v) is 6.08. The fourth-order valence-electron chi connectivity index (χ4n) is 4.61. The number of carbonyl (C=O) groups is 2. The molecule has 3 rings (SSSR count). The molecular formula is C20H26O4. The van der Waals surface area contributed by atoms with Crippen molar-refractivity contribution in [2.45, 2.75) is 57.7 Å². The molecule has 0 aromatic heterocycles. The number of fused-ring (bicyclic) bond motifs is 2. The van der Waals surface area contributed by atoms with E-state index in [2.05, 4.69) is 26.7 Å². The predicted octanol–water partition coefficient (Wildman–Crippen LogP) is 3.73. The summed E-state index contributed by atoms with van der Waals surface area (Å²) in [5, 5.41) is 0. The van der Waals surface area contributed by atoms with Gasteiger partial charge in [0.1, 0.15) is 12.2 Å². The molecule has 0 aromatic carbocycles. The first-order valence-electron chi connectivity index (χ1n) is 8.74. The Balaban J connectivity index is 1.72. The SMILES string of the molecule is C=CCCC(=O)O[C@@H]1CC[C@]2(C)C[C@H]3OC(=O)C(=C)[C@H]3C[C@H]2C1=C. The van der Waals surface area contributed by atoms with Crippen molar-refractivity contribution in [2.75, 3.05) is 0 Å². The van der Waals surface area contributed by atoms with E-state index in [-0.39, 0.29) is 41.4 Å². The molecule has 4 nitrogen and oxygen atoms in total. The van der Waals surface area contributed by atoms with Crippen LogP contribution >= 0.6 is 0 Å². The van der Waals surface area contributed by atoms with Crippen LogP contribution < -0.4 is 0 Å². The van der Waals surface area contributed by atoms with Crippen LogP contribution in [0.25, 0.3) is 0 Å². The summed E-state index contributed by atoms with van der Waals surface area (Å²) in [7, 11) is 0. The molecule has 130 valence electrons. The quantitative estimate of drug-likeness (QED) is 0.448. The Morgan fingerprint density at radius 3 is 2.92 bits per heavy atom. The molecule has 1 heterocycles. The van der Waals surface area contributed by atoms with Crippen molar-refractivity contribution in [1.29, 1.82) is 0 Å². The van der Waals surface area contributed by atoms with Gasteiger partial charge in [-0.15, -0.1) is 6.58 Å². The Morgan fingerprint density at radius 2 is 2.21 bits per heavy atom. The highest BCUT2D eigenvalue weighted by Gasteiger charge is 2.54. The molecule has 0 aromatic rings. The van der Waals surface area contributed by atoms with Gasteiger partial charge in [-0.05, 0) is 49.0 Å². The molecule has 1 saturated heterocycles. The van der Waals surface area contributed by atoms with Crippen molar-refractivity contribution in [1.82, 2.24) is 0 Å². The zero-order valence-electron chi connectivity index (χ0n) is 14.4. The molecule has 0 radical (unpaired) electrons. The van der Waals surface area contributed by atoms with E-state index in [0.717, 1.165) is 31.3 Å². The van der Waals surface area contributed by atoms with E-state index in [1.54, 1.807) is 6.08 Å². The van der Waals surface area contributed by atoms with Gasteiger partial charge < -0.3 is 9.47 Å². The molecule has 0 spiro atoms. The van der Waals surface area contributed by atoms with Crippen molar-refractivity contribution in [3.05, 3.63) is 37.0 Å². The molecule has 2 saturated carbocycles. The van der Waals surface area contributed by atoms with Crippen LogP contribution in [0.5, 0.6) is 0 Å². The Bertz CT molecular complexity index is 605. The summed E-state index contributed by atoms with van der Waals surface area (Å²) in [5.41, 5.74) is 1.62. The van der Waals surface area contributed by atoms with Gasteiger partial charge in [-0.1, -0.05) is 26.2 Å². The van der Waals surface area contributed by atoms with Gasteiger partial charge in [0.25, 0.3) is 0 Å². The lowest BCUT2D eigenvalue weighted by atomic mass is 9.55. The molecule has 5 atom stereocenters. The van der Waals surface area contributed by atoms with Crippen molar-refractivity contribution in [3.8, 4) is 0 Å². The van der Waals surface area contributed by atoms with Crippen LogP contribution in [0.1, 0.15) is 45.4 Å². The number of hydrogen-bond donors (Lipinski definition) is 0. The number of hydrogen-bond acceptors (Lipinski definition) is 4. The highest BCUT2D eigenvalue weighted by Crippen LogP contribution is 2.57. The van der Waals surface area contributed by atoms with Crippen molar-refractivity contribution >= 4 is 11.9 Å². The molecule has 2 aliphatic carbocycles. The smallest absolute Gasteiger partial charge is 0.334 e. The number of allylic oxidation sites excluding steroid dienone is 1. The minimum atomic E-state index is -0.259. The summed E-state index contributed by atoms with van der Waals surface area (Å²) in [6.45, 7) is 14.0. The van der Waals surface area contributed by atoms with Crippen LogP contribution in [-0.2, 0) is 19.1 Å². The zero-order valence-corrected chi connectivity index (χ0v) is 14.4. The van der Waals surface area contributed by atoms with Gasteiger partial charge in [0.15, 0.2) is 0 Å². The molecule has 0 unspecified atom stereocenters. The van der Waals surface area contributed by atoms with E-state index in [0.29, 0.717) is 18.4 Å². The lowest BCUT2D eigenvalue weighted by Crippen LogP contribution is -2.47. The second kappa shape index (κ2) is 6.23. The normalized spacial score (nSPS) is 38.1. The minimum Gasteiger partial charge on any atom is -0.458 e. The molecular weight excluding hydrogens is 304 g/mol. The molecule has 3 fully saturated rings. The molecule has 24 heavy (non-hydrogen) atoms. The van der Waals surface area contributed by atoms with E-state index in [4.69, 9.17) is 9.47 Å². The topological polar surface area (TPSA) is 52.6 Å². The highest BCUT2D eigenvalue weighted by atomic mass is 16.6. The van der Waals surface area contributed by atoms with Crippen LogP contribution in [0.2, 0.25) is 0 Å². The summed E-state index contributed by atoms with van der Waals surface area (Å²) in [4.78, 5) is 23.8. The van der Waals surface area contributed by atoms with Gasteiger partial charge in [0.2, 0.25) is 0 Å². The Morgan fingerprint density at radius 1 is 1.46 bits per heavy atom. The zero-order chi connectivity index (χ0) is 17.5. The van der Waals surface area contributed by atoms with Crippen LogP contribution in [0.3, 0.4) is 0 Å². The maximum absolute atomic E-state index is 11.9. The van der Waals surface area contributed by atoms with Gasteiger partial charge in [0.05, 0.1) is 0 Å². The summed E-state index contributed by atoms with van der Waals surface area (Å²) >= 11 is 0. The first-order chi connectivity index (χ1) is 11.4. The summed E-state index contributed by atoms with van der Waals surface area (Å²) < 4.78 is 11.2. The lowest BCUT2D eigenvalue weighted by molar-refractivity contribution is -0.152. The van der Waals surface area contributed by atoms with Crippen LogP contribution in [0, 0.1) is 17.3 Å². The maximum atomic E-state index is 11.9. The van der Waals surface area contributed by atoms with Gasteiger partial charge in [-0.2, -0.15) is 0 Å². The second-order valence-electron chi connectivity index (χ2n) is 7.64. The highest BCUT2D eigenvalue weighted by molar-refractivity contribution is 5.90. The van der Waals surface area contributed by atoms with Crippen molar-refractivity contribution < 1.29 is 19.1 Å². The molecule has 0 N–H and O–H groups in total. The average molecular weight is 330 g/mol. The summed E-state index contributed by atoms with van der Waals surface area (Å²) in [6.07, 6.45) is 5.82. The predicted molar refractivity (Wildman–Crippen MR) is 91.0 cm³/mol. The fourth-order valence-corrected chi connectivity index (χ4v) is 4.61. The summed E-state index contributed by atoms with van der Waals surface area (Å²) in [6, 6.07) is 0. The Kier molecular flexibility index (Phi) is 4.41. The van der Waals surface area contributed by atoms with Crippen LogP contribution in [0.15, 0.2) is 37.0 Å². The standard InChI is InChI=1S/C20H26O4/c1-5-6-7-18(21)23-16-8-9-20(4)11-17-14(10-15(20)13(16)3)12(2)19(22)24-17/h5,14-17H,1-3,6-11H2,4H3/t14-,15+,16-,17-,20-/m1/s1. The Labute approximate surface area is 143 Å².